The minimum absolute atomic E-state index is 0.0466. The Balaban J connectivity index is 1.33. The zero-order chi connectivity index (χ0) is 37.3. The predicted molar refractivity (Wildman–Crippen MR) is 215 cm³/mol. The van der Waals surface area contributed by atoms with Crippen LogP contribution >= 0.6 is 0 Å². The molecule has 1 aliphatic heterocycles. The van der Waals surface area contributed by atoms with Crippen molar-refractivity contribution in [2.45, 2.75) is 57.3 Å². The van der Waals surface area contributed by atoms with Crippen LogP contribution in [0.5, 0.6) is 0 Å². The monoisotopic (exact) mass is 711 g/mol. The van der Waals surface area contributed by atoms with Gasteiger partial charge in [0, 0.05) is 19.5 Å². The van der Waals surface area contributed by atoms with Crippen LogP contribution in [0.1, 0.15) is 64.7 Å². The Bertz CT molecular complexity index is 2270. The molecule has 1 amide bonds. The second-order valence-electron chi connectivity index (χ2n) is 14.9. The molecule has 54 heavy (non-hydrogen) atoms. The summed E-state index contributed by atoms with van der Waals surface area (Å²) in [5.41, 5.74) is 6.93. The maximum atomic E-state index is 13.9. The number of aromatic nitrogens is 3. The van der Waals surface area contributed by atoms with E-state index in [1.54, 1.807) is 13.8 Å². The Hall–Kier alpha value is -6.05. The van der Waals surface area contributed by atoms with Crippen molar-refractivity contribution in [1.29, 1.82) is 0 Å². The molecule has 0 saturated heterocycles. The van der Waals surface area contributed by atoms with Gasteiger partial charge in [-0.25, -0.2) is 4.68 Å². The van der Waals surface area contributed by atoms with Crippen molar-refractivity contribution in [1.82, 2.24) is 20.1 Å². The molecule has 5 aromatic carbocycles. The lowest BCUT2D eigenvalue weighted by atomic mass is 9.77. The number of amides is 1. The number of hydrogen-bond donors (Lipinski definition) is 2. The smallest absolute Gasteiger partial charge is 0.226 e. The van der Waals surface area contributed by atoms with Crippen LogP contribution in [0.3, 0.4) is 0 Å². The quantitative estimate of drug-likeness (QED) is 0.132. The summed E-state index contributed by atoms with van der Waals surface area (Å²) in [6.07, 6.45) is 0.757. The first-order valence-electron chi connectivity index (χ1n) is 18.7. The number of carbonyl (C=O) groups is 1. The summed E-state index contributed by atoms with van der Waals surface area (Å²) >= 11 is 0. The Morgan fingerprint density at radius 1 is 0.778 bits per heavy atom. The first-order valence-corrected chi connectivity index (χ1v) is 18.7. The van der Waals surface area contributed by atoms with E-state index in [0.717, 1.165) is 51.2 Å². The molecule has 2 aromatic heterocycles. The lowest BCUT2D eigenvalue weighted by Gasteiger charge is -2.37. The average molecular weight is 712 g/mol. The van der Waals surface area contributed by atoms with E-state index in [1.807, 2.05) is 48.5 Å². The molecule has 2 N–H and O–H groups in total. The molecule has 1 aliphatic rings. The highest BCUT2D eigenvalue weighted by atomic mass is 16.3. The zero-order valence-corrected chi connectivity index (χ0v) is 31.0. The number of nitrogens with one attached hydrogen (secondary N) is 1. The summed E-state index contributed by atoms with van der Waals surface area (Å²) < 4.78 is 2.18. The van der Waals surface area contributed by atoms with Crippen molar-refractivity contribution in [3.8, 4) is 0 Å². The zero-order valence-electron chi connectivity index (χ0n) is 31.0. The van der Waals surface area contributed by atoms with Gasteiger partial charge in [-0.1, -0.05) is 151 Å². The molecular weight excluding hydrogens is 667 g/mol. The molecule has 7 nitrogen and oxygen atoms in total. The molecule has 0 bridgehead atoms. The van der Waals surface area contributed by atoms with E-state index in [9.17, 15) is 9.90 Å². The van der Waals surface area contributed by atoms with Gasteiger partial charge in [0.05, 0.1) is 40.4 Å². The normalized spacial score (nSPS) is 13.5. The van der Waals surface area contributed by atoms with Crippen LogP contribution in [0.15, 0.2) is 152 Å². The topological polar surface area (TPSA) is 83.3 Å². The number of nitrogens with zero attached hydrogens (tertiary/aromatic N) is 4. The summed E-state index contributed by atoms with van der Waals surface area (Å²) in [5.74, 6) is 0.669. The number of aryl methyl sites for hydroxylation is 1. The molecule has 7 aromatic rings. The van der Waals surface area contributed by atoms with Crippen LogP contribution in [0.25, 0.3) is 10.9 Å². The van der Waals surface area contributed by atoms with Crippen LogP contribution in [-0.2, 0) is 29.7 Å². The summed E-state index contributed by atoms with van der Waals surface area (Å²) in [4.78, 5) is 21.5. The maximum absolute atomic E-state index is 13.9. The summed E-state index contributed by atoms with van der Waals surface area (Å²) in [6.45, 7) is 7.00. The predicted octanol–water partition coefficient (Wildman–Crippen LogP) is 8.31. The van der Waals surface area contributed by atoms with Crippen LogP contribution in [0.4, 0.5) is 5.82 Å². The molecule has 8 rings (SSSR count). The number of rotatable bonds is 11. The number of pyridine rings is 1. The molecular formula is C47H45N5O2. The van der Waals surface area contributed by atoms with Crippen molar-refractivity contribution in [2.75, 3.05) is 11.4 Å². The lowest BCUT2D eigenvalue weighted by molar-refractivity contribution is -0.123. The van der Waals surface area contributed by atoms with Crippen molar-refractivity contribution in [2.24, 2.45) is 0 Å². The van der Waals surface area contributed by atoms with Gasteiger partial charge in [0.25, 0.3) is 0 Å². The van der Waals surface area contributed by atoms with Gasteiger partial charge >= 0.3 is 0 Å². The Morgan fingerprint density at radius 3 is 1.85 bits per heavy atom. The van der Waals surface area contributed by atoms with E-state index in [2.05, 4.69) is 125 Å². The highest BCUT2D eigenvalue weighted by Gasteiger charge is 2.42. The van der Waals surface area contributed by atoms with Crippen molar-refractivity contribution < 1.29 is 9.90 Å². The summed E-state index contributed by atoms with van der Waals surface area (Å²) in [6, 6.07) is 51.4. The molecule has 7 heteroatoms. The standard InChI is InChI=1S/C47H45N5O2/c1-33-24-26-34(27-25-33)32-51-29-28-40-43-41(30-39(48-40)31-42(53)49-44(46(2,3)54)35-16-8-4-9-17-35)52(50-45(43)51)47(36-18-10-5-11-19-36,37-20-12-6-13-21-37)38-22-14-7-15-23-38/h4-27,30,44,54H,28-29,31-32H2,1-3H3,(H,49,53)/t44-/m0/s1. The van der Waals surface area contributed by atoms with Gasteiger partial charge in [0.1, 0.15) is 5.54 Å². The average Bonchev–Trinajstić information content (AvgIpc) is 3.58. The number of anilines is 1. The van der Waals surface area contributed by atoms with Gasteiger partial charge < -0.3 is 15.3 Å². The lowest BCUT2D eigenvalue weighted by Crippen LogP contribution is -2.42. The number of benzene rings is 5. The van der Waals surface area contributed by atoms with E-state index in [0.29, 0.717) is 18.7 Å². The van der Waals surface area contributed by atoms with E-state index < -0.39 is 17.2 Å². The fraction of sp³-hybridized carbons (Fsp3) is 0.213. The number of carbonyl (C=O) groups excluding carboxylic acids is 1. The first-order chi connectivity index (χ1) is 26.2. The second-order valence-corrected chi connectivity index (χ2v) is 14.9. The fourth-order valence-electron chi connectivity index (χ4n) is 8.01. The third-order valence-electron chi connectivity index (χ3n) is 10.6. The second kappa shape index (κ2) is 14.4. The van der Waals surface area contributed by atoms with E-state index in [4.69, 9.17) is 10.1 Å². The maximum Gasteiger partial charge on any atom is 0.226 e. The summed E-state index contributed by atoms with van der Waals surface area (Å²) in [5, 5.41) is 20.9. The SMILES string of the molecule is Cc1ccc(CN2CCc3nc(CC(=O)N[C@@H](c4ccccc4)C(C)(C)O)cc4c3c2nn4C(c2ccccc2)(c2ccccc2)c2ccccc2)cc1. The van der Waals surface area contributed by atoms with Crippen LogP contribution in [0.2, 0.25) is 0 Å². The highest BCUT2D eigenvalue weighted by Crippen LogP contribution is 2.45. The molecule has 0 unspecified atom stereocenters. The minimum atomic E-state index is -1.19. The number of aliphatic hydroxyl groups is 1. The number of hydrogen-bond acceptors (Lipinski definition) is 5. The largest absolute Gasteiger partial charge is 0.388 e. The molecule has 0 aliphatic carbocycles. The van der Waals surface area contributed by atoms with Gasteiger partial charge in [-0.15, -0.1) is 0 Å². The van der Waals surface area contributed by atoms with Gasteiger partial charge in [0.2, 0.25) is 5.91 Å². The Labute approximate surface area is 316 Å². The van der Waals surface area contributed by atoms with E-state index >= 15 is 0 Å². The van der Waals surface area contributed by atoms with Crippen LogP contribution < -0.4 is 10.2 Å². The molecule has 0 fully saturated rings. The minimum Gasteiger partial charge on any atom is -0.388 e. The third-order valence-corrected chi connectivity index (χ3v) is 10.6. The molecule has 1 atom stereocenters. The van der Waals surface area contributed by atoms with Gasteiger partial charge in [-0.05, 0) is 54.7 Å². The van der Waals surface area contributed by atoms with Gasteiger partial charge in [0.15, 0.2) is 5.82 Å². The summed E-state index contributed by atoms with van der Waals surface area (Å²) in [7, 11) is 0. The fourth-order valence-corrected chi connectivity index (χ4v) is 8.01. The molecule has 3 heterocycles. The van der Waals surface area contributed by atoms with E-state index in [-0.39, 0.29) is 12.3 Å². The molecule has 270 valence electrons. The van der Waals surface area contributed by atoms with Crippen LogP contribution in [0, 0.1) is 6.92 Å². The van der Waals surface area contributed by atoms with Crippen molar-refractivity contribution in [3.63, 3.8) is 0 Å². The van der Waals surface area contributed by atoms with E-state index in [1.165, 1.54) is 11.1 Å². The molecule has 0 saturated carbocycles. The van der Waals surface area contributed by atoms with Gasteiger partial charge in [-0.3, -0.25) is 9.78 Å². The van der Waals surface area contributed by atoms with Crippen molar-refractivity contribution in [3.05, 3.63) is 196 Å². The van der Waals surface area contributed by atoms with Crippen LogP contribution in [-0.4, -0.2) is 37.9 Å². The Morgan fingerprint density at radius 2 is 1.31 bits per heavy atom. The Kier molecular flexibility index (Phi) is 9.34. The molecule has 0 radical (unpaired) electrons. The van der Waals surface area contributed by atoms with Gasteiger partial charge in [-0.2, -0.15) is 5.10 Å². The highest BCUT2D eigenvalue weighted by molar-refractivity contribution is 5.95. The first kappa shape index (κ1) is 35.0. The molecule has 0 spiro atoms. The third kappa shape index (κ3) is 6.56. The van der Waals surface area contributed by atoms with Crippen molar-refractivity contribution >= 4 is 22.6 Å².